The van der Waals surface area contributed by atoms with Crippen molar-refractivity contribution in [3.63, 3.8) is 0 Å². The summed E-state index contributed by atoms with van der Waals surface area (Å²) in [7, 11) is 0. The van der Waals surface area contributed by atoms with Gasteiger partial charge in [0.05, 0.1) is 11.5 Å². The van der Waals surface area contributed by atoms with Crippen LogP contribution in [0.25, 0.3) is 0 Å². The smallest absolute Gasteiger partial charge is 0.264 e. The monoisotopic (exact) mass is 390 g/mol. The number of thiophene rings is 1. The number of rotatable bonds is 6. The topological polar surface area (TPSA) is 49.9 Å². The van der Waals surface area contributed by atoms with Crippen LogP contribution in [0.15, 0.2) is 36.4 Å². The maximum Gasteiger partial charge on any atom is 0.264 e. The molecule has 1 aromatic heterocycles. The van der Waals surface area contributed by atoms with Crippen LogP contribution in [0.4, 0.5) is 4.39 Å². The third-order valence-corrected chi connectivity index (χ3v) is 5.46. The molecule has 1 aliphatic heterocycles. The molecule has 0 N–H and O–H groups in total. The van der Waals surface area contributed by atoms with E-state index in [-0.39, 0.29) is 17.6 Å². The second-order valence-corrected chi connectivity index (χ2v) is 7.78. The quantitative estimate of drug-likeness (QED) is 0.711. The van der Waals surface area contributed by atoms with Crippen molar-refractivity contribution < 1.29 is 18.7 Å². The van der Waals surface area contributed by atoms with Crippen LogP contribution in [0.5, 0.6) is 5.75 Å². The number of carbonyl (C=O) groups excluding carboxylic acids is 2. The number of halogens is 1. The summed E-state index contributed by atoms with van der Waals surface area (Å²) < 4.78 is 18.5. The van der Waals surface area contributed by atoms with E-state index >= 15 is 0 Å². The zero-order valence-corrected chi connectivity index (χ0v) is 16.1. The Morgan fingerprint density at radius 2 is 1.85 bits per heavy atom. The number of ether oxygens (including phenoxy) is 1. The van der Waals surface area contributed by atoms with E-state index in [2.05, 4.69) is 0 Å². The lowest BCUT2D eigenvalue weighted by Gasteiger charge is -2.34. The Hall–Kier alpha value is -2.41. The van der Waals surface area contributed by atoms with Gasteiger partial charge in [0.1, 0.15) is 11.6 Å². The van der Waals surface area contributed by atoms with Crippen molar-refractivity contribution in [1.29, 1.82) is 0 Å². The summed E-state index contributed by atoms with van der Waals surface area (Å²) >= 11 is 1.50. The van der Waals surface area contributed by atoms with Crippen LogP contribution >= 0.6 is 11.3 Å². The fourth-order valence-electron chi connectivity index (χ4n) is 2.99. The first-order valence-corrected chi connectivity index (χ1v) is 9.86. The van der Waals surface area contributed by atoms with Crippen molar-refractivity contribution in [2.24, 2.45) is 0 Å². The average molecular weight is 390 g/mol. The Labute approximate surface area is 162 Å². The number of nitrogens with zero attached hydrogens (tertiary/aromatic N) is 2. The first kappa shape index (κ1) is 19.4. The standard InChI is InChI=1S/C20H23FN2O3S/c1-15-7-8-18(27-15)20(25)23-11-9-22(10-12-23)19(24)6-3-13-26-17-5-2-4-16(21)14-17/h2,4-5,7-8,14H,3,6,9-13H2,1H3. The molecule has 0 radical (unpaired) electrons. The number of hydrogen-bond donors (Lipinski definition) is 0. The molecule has 3 rings (SSSR count). The Morgan fingerprint density at radius 1 is 1.11 bits per heavy atom. The van der Waals surface area contributed by atoms with Gasteiger partial charge < -0.3 is 14.5 Å². The Kier molecular flexibility index (Phi) is 6.45. The van der Waals surface area contributed by atoms with Crippen LogP contribution in [-0.2, 0) is 4.79 Å². The highest BCUT2D eigenvalue weighted by Gasteiger charge is 2.25. The van der Waals surface area contributed by atoms with Gasteiger partial charge in [-0.3, -0.25) is 9.59 Å². The van der Waals surface area contributed by atoms with Crippen molar-refractivity contribution in [1.82, 2.24) is 9.80 Å². The first-order valence-electron chi connectivity index (χ1n) is 9.05. The van der Waals surface area contributed by atoms with Gasteiger partial charge in [-0.2, -0.15) is 0 Å². The maximum absolute atomic E-state index is 13.1. The highest BCUT2D eigenvalue weighted by molar-refractivity contribution is 7.13. The third kappa shape index (κ3) is 5.29. The molecule has 1 fully saturated rings. The molecule has 0 unspecified atom stereocenters. The summed E-state index contributed by atoms with van der Waals surface area (Å²) in [5, 5.41) is 0. The van der Waals surface area contributed by atoms with Crippen LogP contribution in [0, 0.1) is 12.7 Å². The maximum atomic E-state index is 13.1. The van der Waals surface area contributed by atoms with Crippen LogP contribution in [-0.4, -0.2) is 54.4 Å². The zero-order valence-electron chi connectivity index (χ0n) is 15.3. The molecule has 0 bridgehead atoms. The number of amides is 2. The van der Waals surface area contributed by atoms with Crippen LogP contribution < -0.4 is 4.74 Å². The van der Waals surface area contributed by atoms with Gasteiger partial charge in [-0.15, -0.1) is 11.3 Å². The molecule has 1 aromatic carbocycles. The van der Waals surface area contributed by atoms with E-state index in [0.29, 0.717) is 51.4 Å². The van der Waals surface area contributed by atoms with Crippen molar-refractivity contribution >= 4 is 23.2 Å². The Bertz CT molecular complexity index is 800. The normalized spacial score (nSPS) is 14.3. The Balaban J connectivity index is 1.37. The first-order chi connectivity index (χ1) is 13.0. The summed E-state index contributed by atoms with van der Waals surface area (Å²) in [6.45, 7) is 4.57. The second-order valence-electron chi connectivity index (χ2n) is 6.49. The Morgan fingerprint density at radius 3 is 2.52 bits per heavy atom. The van der Waals surface area contributed by atoms with Crippen LogP contribution in [0.3, 0.4) is 0 Å². The minimum absolute atomic E-state index is 0.0451. The molecule has 144 valence electrons. The number of piperazine rings is 1. The minimum Gasteiger partial charge on any atom is -0.493 e. The molecule has 5 nitrogen and oxygen atoms in total. The van der Waals surface area contributed by atoms with Gasteiger partial charge >= 0.3 is 0 Å². The van der Waals surface area contributed by atoms with Gasteiger partial charge in [0, 0.05) is 43.5 Å². The molecule has 2 aromatic rings. The SMILES string of the molecule is Cc1ccc(C(=O)N2CCN(C(=O)CCCOc3cccc(F)c3)CC2)s1. The van der Waals surface area contributed by atoms with Crippen molar-refractivity contribution in [3.05, 3.63) is 52.0 Å². The minimum atomic E-state index is -0.339. The van der Waals surface area contributed by atoms with Gasteiger partial charge in [0.2, 0.25) is 5.91 Å². The molecular formula is C20H23FN2O3S. The average Bonchev–Trinajstić information content (AvgIpc) is 3.11. The summed E-state index contributed by atoms with van der Waals surface area (Å²) in [5.41, 5.74) is 0. The number of hydrogen-bond acceptors (Lipinski definition) is 4. The number of benzene rings is 1. The molecule has 0 atom stereocenters. The summed E-state index contributed by atoms with van der Waals surface area (Å²) in [4.78, 5) is 30.2. The summed E-state index contributed by atoms with van der Waals surface area (Å²) in [5.74, 6) is 0.243. The fourth-order valence-corrected chi connectivity index (χ4v) is 3.83. The van der Waals surface area contributed by atoms with Gasteiger partial charge in [0.25, 0.3) is 5.91 Å². The van der Waals surface area contributed by atoms with E-state index in [1.165, 1.54) is 23.5 Å². The number of carbonyl (C=O) groups is 2. The lowest BCUT2D eigenvalue weighted by Crippen LogP contribution is -2.50. The predicted molar refractivity (Wildman–Crippen MR) is 103 cm³/mol. The van der Waals surface area contributed by atoms with Gasteiger partial charge in [0.15, 0.2) is 0 Å². The molecule has 27 heavy (non-hydrogen) atoms. The van der Waals surface area contributed by atoms with Crippen molar-refractivity contribution in [2.45, 2.75) is 19.8 Å². The van der Waals surface area contributed by atoms with Gasteiger partial charge in [-0.25, -0.2) is 4.39 Å². The highest BCUT2D eigenvalue weighted by atomic mass is 32.1. The molecule has 0 aliphatic carbocycles. The van der Waals surface area contributed by atoms with Gasteiger partial charge in [-0.1, -0.05) is 6.07 Å². The molecule has 0 saturated carbocycles. The highest BCUT2D eigenvalue weighted by Crippen LogP contribution is 2.18. The molecular weight excluding hydrogens is 367 g/mol. The summed E-state index contributed by atoms with van der Waals surface area (Å²) in [6.07, 6.45) is 0.955. The second kappa shape index (κ2) is 8.99. The van der Waals surface area contributed by atoms with E-state index in [0.717, 1.165) is 9.75 Å². The third-order valence-electron chi connectivity index (χ3n) is 4.47. The molecule has 2 heterocycles. The van der Waals surface area contributed by atoms with E-state index in [4.69, 9.17) is 4.74 Å². The lowest BCUT2D eigenvalue weighted by molar-refractivity contribution is -0.132. The van der Waals surface area contributed by atoms with Crippen molar-refractivity contribution in [2.75, 3.05) is 32.8 Å². The van der Waals surface area contributed by atoms with Gasteiger partial charge in [-0.05, 0) is 37.6 Å². The predicted octanol–water partition coefficient (Wildman–Crippen LogP) is 3.34. The van der Waals surface area contributed by atoms with Crippen molar-refractivity contribution in [3.8, 4) is 5.75 Å². The molecule has 2 amide bonds. The molecule has 0 spiro atoms. The van der Waals surface area contributed by atoms with E-state index < -0.39 is 0 Å². The zero-order chi connectivity index (χ0) is 19.2. The fraction of sp³-hybridized carbons (Fsp3) is 0.400. The van der Waals surface area contributed by atoms with E-state index in [1.807, 2.05) is 24.0 Å². The largest absolute Gasteiger partial charge is 0.493 e. The number of aryl methyl sites for hydroxylation is 1. The lowest BCUT2D eigenvalue weighted by atomic mass is 10.2. The van der Waals surface area contributed by atoms with Crippen LogP contribution in [0.1, 0.15) is 27.4 Å². The molecule has 1 aliphatic rings. The van der Waals surface area contributed by atoms with Crippen LogP contribution in [0.2, 0.25) is 0 Å². The molecule has 7 heteroatoms. The van der Waals surface area contributed by atoms with E-state index in [1.54, 1.807) is 17.0 Å². The summed E-state index contributed by atoms with van der Waals surface area (Å²) in [6, 6.07) is 9.78. The van der Waals surface area contributed by atoms with E-state index in [9.17, 15) is 14.0 Å². The molecule has 1 saturated heterocycles.